The van der Waals surface area contributed by atoms with Gasteiger partial charge in [-0.1, -0.05) is 85.7 Å². The Bertz CT molecular complexity index is 1150. The molecule has 0 atom stereocenters. The summed E-state index contributed by atoms with van der Waals surface area (Å²) >= 11 is 0. The van der Waals surface area contributed by atoms with Gasteiger partial charge < -0.3 is 0 Å². The Morgan fingerprint density at radius 3 is 1.81 bits per heavy atom. The van der Waals surface area contributed by atoms with Gasteiger partial charge in [-0.3, -0.25) is 4.98 Å². The molecule has 168 valence electrons. The maximum Gasteiger partial charge on any atom is 0.0705 e. The third-order valence-electron chi connectivity index (χ3n) is 9.09. The second-order valence-corrected chi connectivity index (χ2v) is 11.7. The van der Waals surface area contributed by atoms with E-state index >= 15 is 0 Å². The lowest BCUT2D eigenvalue weighted by molar-refractivity contribution is 0.125. The monoisotopic (exact) mass is 425 g/mol. The summed E-state index contributed by atoms with van der Waals surface area (Å²) in [6, 6.07) is 15.9. The fourth-order valence-corrected chi connectivity index (χ4v) is 5.78. The summed E-state index contributed by atoms with van der Waals surface area (Å²) in [4.78, 5) is 5.00. The summed E-state index contributed by atoms with van der Waals surface area (Å²) < 4.78 is 0. The van der Waals surface area contributed by atoms with Crippen LogP contribution >= 0.6 is 0 Å². The van der Waals surface area contributed by atoms with E-state index in [2.05, 4.69) is 118 Å². The van der Waals surface area contributed by atoms with Gasteiger partial charge in [0.15, 0.2) is 0 Å². The Labute approximate surface area is 195 Å². The Morgan fingerprint density at radius 2 is 1.31 bits per heavy atom. The van der Waals surface area contributed by atoms with Crippen LogP contribution in [0.5, 0.6) is 0 Å². The van der Waals surface area contributed by atoms with Gasteiger partial charge in [-0.05, 0) is 81.5 Å². The molecule has 1 nitrogen and oxygen atoms in total. The molecule has 0 amide bonds. The van der Waals surface area contributed by atoms with Gasteiger partial charge in [-0.2, -0.15) is 0 Å². The fraction of sp³-hybridized carbons (Fsp3) is 0.452. The molecular weight excluding hydrogens is 386 g/mol. The average molecular weight is 426 g/mol. The molecule has 0 aliphatic heterocycles. The number of benzene rings is 2. The van der Waals surface area contributed by atoms with E-state index in [1.807, 2.05) is 0 Å². The second-order valence-electron chi connectivity index (χ2n) is 11.7. The summed E-state index contributed by atoms with van der Waals surface area (Å²) in [5.74, 6) is 0.443. The van der Waals surface area contributed by atoms with Gasteiger partial charge in [0.05, 0.1) is 5.69 Å². The summed E-state index contributed by atoms with van der Waals surface area (Å²) in [5.41, 5.74) is 12.2. The van der Waals surface area contributed by atoms with Gasteiger partial charge in [-0.25, -0.2) is 0 Å². The second kappa shape index (κ2) is 7.30. The quantitative estimate of drug-likeness (QED) is 0.409. The molecule has 0 spiro atoms. The first-order chi connectivity index (χ1) is 14.8. The molecule has 0 radical (unpaired) electrons. The zero-order valence-electron chi connectivity index (χ0n) is 21.6. The summed E-state index contributed by atoms with van der Waals surface area (Å²) in [5, 5.41) is 0. The Balaban J connectivity index is 1.89. The topological polar surface area (TPSA) is 12.9 Å². The van der Waals surface area contributed by atoms with Crippen LogP contribution in [0.25, 0.3) is 22.4 Å². The first-order valence-electron chi connectivity index (χ1n) is 12.0. The highest BCUT2D eigenvalue weighted by molar-refractivity contribution is 5.74. The number of aromatic nitrogens is 1. The van der Waals surface area contributed by atoms with Crippen molar-refractivity contribution in [3.05, 3.63) is 76.5 Å². The van der Waals surface area contributed by atoms with Crippen LogP contribution in [0, 0.1) is 19.3 Å². The zero-order valence-corrected chi connectivity index (χ0v) is 21.6. The number of hydrogen-bond acceptors (Lipinski definition) is 1. The van der Waals surface area contributed by atoms with Crippen molar-refractivity contribution >= 4 is 0 Å². The molecule has 1 aliphatic carbocycles. The maximum absolute atomic E-state index is 5.00. The molecule has 0 unspecified atom stereocenters. The normalized spacial score (nSPS) is 18.1. The van der Waals surface area contributed by atoms with Crippen molar-refractivity contribution in [2.24, 2.45) is 5.41 Å². The number of hydrogen-bond donors (Lipinski definition) is 0. The van der Waals surface area contributed by atoms with Gasteiger partial charge in [0.25, 0.3) is 0 Å². The number of aryl methyl sites for hydroxylation is 2. The van der Waals surface area contributed by atoms with E-state index in [1.54, 1.807) is 0 Å². The lowest BCUT2D eigenvalue weighted by Gasteiger charge is -2.44. The first-order valence-corrected chi connectivity index (χ1v) is 12.0. The zero-order chi connectivity index (χ0) is 23.6. The van der Waals surface area contributed by atoms with Crippen molar-refractivity contribution in [2.75, 3.05) is 0 Å². The number of fused-ring (bicyclic) bond motifs is 1. The number of pyridine rings is 1. The van der Waals surface area contributed by atoms with Gasteiger partial charge in [0, 0.05) is 17.3 Å². The highest BCUT2D eigenvalue weighted by Gasteiger charge is 2.57. The molecule has 0 saturated heterocycles. The van der Waals surface area contributed by atoms with Gasteiger partial charge >= 0.3 is 0 Å². The number of rotatable bonds is 3. The van der Waals surface area contributed by atoms with Crippen LogP contribution < -0.4 is 0 Å². The Kier molecular flexibility index (Phi) is 5.20. The van der Waals surface area contributed by atoms with Gasteiger partial charge in [-0.15, -0.1) is 0 Å². The molecule has 0 N–H and O–H groups in total. The lowest BCUT2D eigenvalue weighted by Crippen LogP contribution is -2.42. The van der Waals surface area contributed by atoms with Crippen molar-refractivity contribution in [1.29, 1.82) is 0 Å². The van der Waals surface area contributed by atoms with Crippen LogP contribution in [0.3, 0.4) is 0 Å². The molecule has 1 aliphatic rings. The highest BCUT2D eigenvalue weighted by Crippen LogP contribution is 2.62. The molecular formula is C31H39N. The predicted molar refractivity (Wildman–Crippen MR) is 139 cm³/mol. The van der Waals surface area contributed by atoms with E-state index in [9.17, 15) is 0 Å². The largest absolute Gasteiger partial charge is 0.256 e. The molecule has 3 aromatic rings. The van der Waals surface area contributed by atoms with E-state index in [0.29, 0.717) is 5.92 Å². The molecule has 1 heteroatoms. The minimum Gasteiger partial charge on any atom is -0.256 e. The smallest absolute Gasteiger partial charge is 0.0705 e. The third kappa shape index (κ3) is 3.08. The fourth-order valence-electron chi connectivity index (χ4n) is 5.78. The molecule has 0 fully saturated rings. The van der Waals surface area contributed by atoms with E-state index in [0.717, 1.165) is 5.69 Å². The maximum atomic E-state index is 5.00. The average Bonchev–Trinajstić information content (AvgIpc) is 2.82. The highest BCUT2D eigenvalue weighted by atomic mass is 14.7. The van der Waals surface area contributed by atoms with Crippen LogP contribution in [0.15, 0.2) is 48.7 Å². The Morgan fingerprint density at radius 1 is 0.750 bits per heavy atom. The van der Waals surface area contributed by atoms with Crippen molar-refractivity contribution in [1.82, 2.24) is 4.98 Å². The Hall–Kier alpha value is -2.41. The van der Waals surface area contributed by atoms with Gasteiger partial charge in [0.2, 0.25) is 0 Å². The summed E-state index contributed by atoms with van der Waals surface area (Å²) in [6.07, 6.45) is 2.06. The van der Waals surface area contributed by atoms with Crippen molar-refractivity contribution < 1.29 is 0 Å². The molecule has 0 bridgehead atoms. The van der Waals surface area contributed by atoms with Crippen LogP contribution in [0.1, 0.15) is 89.1 Å². The lowest BCUT2D eigenvalue weighted by atomic mass is 9.59. The molecule has 2 aromatic carbocycles. The SMILES string of the molecule is Cc1cccc(C)c1-c1ccc(-c2cc3c(cc2C(C)C)C(C)(C)C(C)(C)C3(C)C)nc1. The summed E-state index contributed by atoms with van der Waals surface area (Å²) in [7, 11) is 0. The number of nitrogens with zero attached hydrogens (tertiary/aromatic N) is 1. The van der Waals surface area contributed by atoms with Crippen LogP contribution in [0.2, 0.25) is 0 Å². The first kappa shape index (κ1) is 22.8. The summed E-state index contributed by atoms with van der Waals surface area (Å²) in [6.45, 7) is 23.5. The minimum absolute atomic E-state index is 0.0916. The molecule has 32 heavy (non-hydrogen) atoms. The van der Waals surface area contributed by atoms with Crippen LogP contribution in [-0.2, 0) is 10.8 Å². The third-order valence-corrected chi connectivity index (χ3v) is 9.09. The van der Waals surface area contributed by atoms with Gasteiger partial charge in [0.1, 0.15) is 0 Å². The van der Waals surface area contributed by atoms with E-state index in [1.165, 1.54) is 44.5 Å². The minimum atomic E-state index is 0.0916. The predicted octanol–water partition coefficient (Wildman–Crippen LogP) is 8.75. The van der Waals surface area contributed by atoms with Crippen LogP contribution in [-0.4, -0.2) is 4.98 Å². The van der Waals surface area contributed by atoms with Crippen molar-refractivity contribution in [3.63, 3.8) is 0 Å². The van der Waals surface area contributed by atoms with Crippen LogP contribution in [0.4, 0.5) is 0 Å². The van der Waals surface area contributed by atoms with E-state index < -0.39 is 0 Å². The molecule has 1 aromatic heterocycles. The standard InChI is InChI=1S/C31H39N/c1-19(2)23-16-25-26(30(7,8)31(9,10)29(25,5)6)17-24(23)27-15-14-22(18-32-27)28-20(3)12-11-13-21(28)4/h11-19H,1-10H3. The van der Waals surface area contributed by atoms with Crippen molar-refractivity contribution in [2.45, 2.75) is 86.0 Å². The van der Waals surface area contributed by atoms with E-state index in [-0.39, 0.29) is 16.2 Å². The molecule has 4 rings (SSSR count). The van der Waals surface area contributed by atoms with Crippen molar-refractivity contribution in [3.8, 4) is 22.4 Å². The molecule has 0 saturated carbocycles. The van der Waals surface area contributed by atoms with E-state index in [4.69, 9.17) is 4.98 Å². The molecule has 1 heterocycles.